The van der Waals surface area contributed by atoms with Crippen molar-refractivity contribution in [3.8, 4) is 5.75 Å². The number of carbonyl (C=O) groups excluding carboxylic acids is 1. The molecule has 2 rings (SSSR count). The van der Waals surface area contributed by atoms with E-state index in [1.807, 2.05) is 18.2 Å². The summed E-state index contributed by atoms with van der Waals surface area (Å²) in [6.45, 7) is 1.92. The van der Waals surface area contributed by atoms with E-state index in [1.54, 1.807) is 0 Å². The molecule has 78 valence electrons. The van der Waals surface area contributed by atoms with Crippen molar-refractivity contribution in [3.05, 3.63) is 23.2 Å². The minimum Gasteiger partial charge on any atom is -0.467 e. The number of hydrogen-bond donors (Lipinski definition) is 0. The Balaban J connectivity index is 2.47. The van der Waals surface area contributed by atoms with E-state index in [2.05, 4.69) is 27.0 Å². The minimum atomic E-state index is 0.00874. The van der Waals surface area contributed by atoms with Crippen LogP contribution < -0.4 is 4.52 Å². The monoisotopic (exact) mass is 351 g/mol. The first-order valence-electron chi connectivity index (χ1n) is 4.14. The molecule has 1 aromatic heterocycles. The summed E-state index contributed by atoms with van der Waals surface area (Å²) < 4.78 is 6.40. The Kier molecular flexibility index (Phi) is 3.53. The Hall–Kier alpha value is -0.260. The van der Waals surface area contributed by atoms with Crippen molar-refractivity contribution < 1.29 is 9.32 Å². The summed E-state index contributed by atoms with van der Waals surface area (Å²) in [5, 5.41) is 0.555. The summed E-state index contributed by atoms with van der Waals surface area (Å²) in [6, 6.07) is 5.70. The lowest BCUT2D eigenvalue weighted by atomic mass is 10.3. The van der Waals surface area contributed by atoms with Gasteiger partial charge in [-0.15, -0.1) is 11.3 Å². The molecule has 0 fully saturated rings. The fourth-order valence-corrected chi connectivity index (χ4v) is 2.99. The van der Waals surface area contributed by atoms with E-state index >= 15 is 0 Å². The van der Waals surface area contributed by atoms with E-state index in [0.29, 0.717) is 11.5 Å². The van der Waals surface area contributed by atoms with Crippen LogP contribution in [-0.4, -0.2) is 10.8 Å². The molecule has 0 spiro atoms. The van der Waals surface area contributed by atoms with Gasteiger partial charge >= 0.3 is 0 Å². The molecule has 0 bridgehead atoms. The highest BCUT2D eigenvalue weighted by molar-refractivity contribution is 14.2. The topological polar surface area (TPSA) is 39.2 Å². The Morgan fingerprint density at radius 3 is 3.07 bits per heavy atom. The highest BCUT2D eigenvalue weighted by Crippen LogP contribution is 2.31. The van der Waals surface area contributed by atoms with E-state index < -0.39 is 0 Å². The number of thiazole rings is 1. The van der Waals surface area contributed by atoms with E-state index in [4.69, 9.17) is 4.52 Å². The van der Waals surface area contributed by atoms with Crippen molar-refractivity contribution in [2.24, 2.45) is 0 Å². The maximum atomic E-state index is 11.1. The lowest BCUT2D eigenvalue weighted by Gasteiger charge is -1.99. The smallest absolute Gasteiger partial charge is 0.188 e. The van der Waals surface area contributed by atoms with Crippen LogP contribution in [-0.2, 0) is 0 Å². The second-order valence-electron chi connectivity index (χ2n) is 2.88. The van der Waals surface area contributed by atoms with Crippen LogP contribution in [0.1, 0.15) is 16.7 Å². The first-order chi connectivity index (χ1) is 7.20. The molecule has 3 nitrogen and oxygen atoms in total. The third-order valence-electron chi connectivity index (χ3n) is 1.82. The van der Waals surface area contributed by atoms with Crippen LogP contribution in [0.2, 0.25) is 0 Å². The molecule has 2 aromatic rings. The quantitative estimate of drug-likeness (QED) is 0.480. The van der Waals surface area contributed by atoms with Crippen molar-refractivity contribution >= 4 is 55.8 Å². The fourth-order valence-electron chi connectivity index (χ4n) is 1.17. The molecule has 1 heterocycles. The third-order valence-corrected chi connectivity index (χ3v) is 3.93. The molecule has 1 atom stereocenters. The summed E-state index contributed by atoms with van der Waals surface area (Å²) >= 11 is 3.58. The first kappa shape index (κ1) is 11.2. The number of fused-ring (bicyclic) bond motifs is 1. The van der Waals surface area contributed by atoms with Crippen LogP contribution in [0.3, 0.4) is 0 Å². The molecule has 0 saturated heterocycles. The largest absolute Gasteiger partial charge is 0.467 e. The van der Waals surface area contributed by atoms with Gasteiger partial charge < -0.3 is 4.52 Å². The second-order valence-corrected chi connectivity index (χ2v) is 5.59. The number of nitrogens with zero attached hydrogens (tertiary/aromatic N) is 1. The normalized spacial score (nSPS) is 11.3. The van der Waals surface area contributed by atoms with E-state index in [0.717, 1.165) is 16.0 Å². The number of halogens is 1. The van der Waals surface area contributed by atoms with Crippen molar-refractivity contribution in [2.75, 3.05) is 0 Å². The molecule has 0 amide bonds. The third kappa shape index (κ3) is 2.46. The molecule has 6 heteroatoms. The number of rotatable bonds is 3. The summed E-state index contributed by atoms with van der Waals surface area (Å²) in [5.41, 5.74) is 0.831. The van der Waals surface area contributed by atoms with Crippen LogP contribution in [0.25, 0.3) is 10.2 Å². The predicted octanol–water partition coefficient (Wildman–Crippen LogP) is 3.82. The van der Waals surface area contributed by atoms with Crippen molar-refractivity contribution in [1.82, 2.24) is 4.98 Å². The average Bonchev–Trinajstić information content (AvgIpc) is 2.61. The van der Waals surface area contributed by atoms with Gasteiger partial charge in [-0.05, 0) is 34.2 Å². The fraction of sp³-hybridized carbons (Fsp3) is 0.111. The van der Waals surface area contributed by atoms with Crippen LogP contribution in [0.15, 0.2) is 18.2 Å². The number of benzene rings is 1. The standard InChI is InChI=1S/C9H7INO2PS/c1-5(12)9-11-7-4-6(13-14-10)2-3-8(7)15-9/h2-4,14H,1H3. The van der Waals surface area contributed by atoms with Crippen LogP contribution in [0, 0.1) is 0 Å². The van der Waals surface area contributed by atoms with Crippen LogP contribution in [0.5, 0.6) is 5.75 Å². The number of Topliss-reactive ketones (excluding diaryl/α,β-unsaturated/α-hetero) is 1. The van der Waals surface area contributed by atoms with Gasteiger partial charge in [0.2, 0.25) is 0 Å². The second kappa shape index (κ2) is 4.72. The minimum absolute atomic E-state index is 0.00874. The van der Waals surface area contributed by atoms with Crippen molar-refractivity contribution in [2.45, 2.75) is 6.92 Å². The predicted molar refractivity (Wildman–Crippen MR) is 72.6 cm³/mol. The van der Waals surface area contributed by atoms with Crippen LogP contribution in [0.4, 0.5) is 0 Å². The number of aromatic nitrogens is 1. The van der Waals surface area contributed by atoms with Gasteiger partial charge in [-0.1, -0.05) is 0 Å². The van der Waals surface area contributed by atoms with E-state index in [1.165, 1.54) is 18.3 Å². The molecule has 15 heavy (non-hydrogen) atoms. The zero-order valence-corrected chi connectivity index (χ0v) is 11.8. The summed E-state index contributed by atoms with van der Waals surface area (Å²) in [6.07, 6.45) is 0. The van der Waals surface area contributed by atoms with Gasteiger partial charge in [-0.2, -0.15) is 0 Å². The van der Waals surface area contributed by atoms with E-state index in [9.17, 15) is 4.79 Å². The van der Waals surface area contributed by atoms with Gasteiger partial charge in [0.05, 0.1) is 10.2 Å². The van der Waals surface area contributed by atoms with Gasteiger partial charge in [0.15, 0.2) is 10.8 Å². The molecular formula is C9H7INO2PS. The number of carbonyl (C=O) groups is 1. The average molecular weight is 351 g/mol. The molecule has 0 aliphatic carbocycles. The lowest BCUT2D eigenvalue weighted by Crippen LogP contribution is -1.88. The van der Waals surface area contributed by atoms with Gasteiger partial charge in [0.25, 0.3) is 0 Å². The summed E-state index contributed by atoms with van der Waals surface area (Å²) in [5.74, 6) is 0.810. The Morgan fingerprint density at radius 1 is 1.60 bits per heavy atom. The Labute approximate surface area is 106 Å². The molecule has 1 aromatic carbocycles. The molecule has 0 saturated carbocycles. The zero-order valence-electron chi connectivity index (χ0n) is 7.78. The number of ketones is 1. The molecule has 0 N–H and O–H groups in total. The van der Waals surface area contributed by atoms with Crippen LogP contribution >= 0.6 is 39.8 Å². The van der Waals surface area contributed by atoms with E-state index in [-0.39, 0.29) is 5.78 Å². The van der Waals surface area contributed by atoms with Gasteiger partial charge in [0, 0.05) is 13.0 Å². The molecule has 0 aliphatic heterocycles. The SMILES string of the molecule is CC(=O)c1nc2cc(OPI)ccc2s1. The number of hydrogen-bond acceptors (Lipinski definition) is 4. The van der Waals surface area contributed by atoms with Gasteiger partial charge in [-0.3, -0.25) is 4.79 Å². The lowest BCUT2D eigenvalue weighted by molar-refractivity contribution is 0.101. The van der Waals surface area contributed by atoms with Crippen molar-refractivity contribution in [3.63, 3.8) is 0 Å². The van der Waals surface area contributed by atoms with Gasteiger partial charge in [0.1, 0.15) is 12.2 Å². The molecule has 0 aliphatic rings. The highest BCUT2D eigenvalue weighted by Gasteiger charge is 2.08. The molecule has 1 unspecified atom stereocenters. The summed E-state index contributed by atoms with van der Waals surface area (Å²) in [7, 11) is 0. The highest BCUT2D eigenvalue weighted by atomic mass is 127. The van der Waals surface area contributed by atoms with Crippen molar-refractivity contribution in [1.29, 1.82) is 0 Å². The Morgan fingerprint density at radius 2 is 2.40 bits per heavy atom. The first-order valence-corrected chi connectivity index (χ1v) is 8.98. The van der Waals surface area contributed by atoms with Gasteiger partial charge in [-0.25, -0.2) is 4.98 Å². The zero-order chi connectivity index (χ0) is 10.8. The maximum Gasteiger partial charge on any atom is 0.188 e. The summed E-state index contributed by atoms with van der Waals surface area (Å²) in [4.78, 5) is 15.4. The molecular weight excluding hydrogens is 344 g/mol. The molecule has 0 radical (unpaired) electrons. The Bertz CT molecular complexity index is 514. The maximum absolute atomic E-state index is 11.1.